The van der Waals surface area contributed by atoms with Gasteiger partial charge >= 0.3 is 0 Å². The van der Waals surface area contributed by atoms with Crippen LogP contribution in [-0.2, 0) is 19.9 Å². The minimum absolute atomic E-state index is 0.163. The van der Waals surface area contributed by atoms with Crippen molar-refractivity contribution >= 4 is 50.7 Å². The molecule has 4 heterocycles. The van der Waals surface area contributed by atoms with Crippen LogP contribution in [0.3, 0.4) is 0 Å². The van der Waals surface area contributed by atoms with Crippen LogP contribution in [0.25, 0.3) is 0 Å². The average Bonchev–Trinajstić information content (AvgIpc) is 3.46. The van der Waals surface area contributed by atoms with Crippen molar-refractivity contribution in [3.05, 3.63) is 62.6 Å². The van der Waals surface area contributed by atoms with E-state index in [1.807, 2.05) is 17.0 Å². The molecule has 10 heteroatoms. The van der Waals surface area contributed by atoms with Crippen LogP contribution in [0.5, 0.6) is 0 Å². The number of imide groups is 1. The molecule has 0 saturated carbocycles. The Hall–Kier alpha value is -3.11. The summed E-state index contributed by atoms with van der Waals surface area (Å²) in [4.78, 5) is 54.8. The maximum Gasteiger partial charge on any atom is 0.271 e. The second-order valence-electron chi connectivity index (χ2n) is 8.61. The van der Waals surface area contributed by atoms with Gasteiger partial charge in [0, 0.05) is 33.9 Å². The predicted molar refractivity (Wildman–Crippen MR) is 117 cm³/mol. The van der Waals surface area contributed by atoms with Crippen LogP contribution >= 0.6 is 15.9 Å². The number of rotatable bonds is 2. The lowest BCUT2D eigenvalue weighted by molar-refractivity contribution is -0.384. The number of halogens is 1. The van der Waals surface area contributed by atoms with Gasteiger partial charge in [0.2, 0.25) is 17.7 Å². The molecule has 3 amide bonds. The van der Waals surface area contributed by atoms with E-state index in [4.69, 9.17) is 0 Å². The number of anilines is 2. The summed E-state index contributed by atoms with van der Waals surface area (Å²) in [6.07, 6.45) is 1.53. The Morgan fingerprint density at radius 1 is 1.12 bits per heavy atom. The van der Waals surface area contributed by atoms with E-state index in [1.165, 1.54) is 24.3 Å². The summed E-state index contributed by atoms with van der Waals surface area (Å²) in [5, 5.41) is 14.2. The Balaban J connectivity index is 1.54. The Kier molecular flexibility index (Phi) is 3.95. The topological polar surface area (TPSA) is 113 Å². The van der Waals surface area contributed by atoms with Crippen LogP contribution in [-0.4, -0.2) is 40.1 Å². The molecule has 9 nitrogen and oxygen atoms in total. The number of nitrogens with one attached hydrogen (secondary N) is 1. The molecule has 0 aromatic heterocycles. The number of nitro groups is 1. The van der Waals surface area contributed by atoms with E-state index in [-0.39, 0.29) is 23.3 Å². The molecule has 2 aromatic carbocycles. The standard InChI is InChI=1S/C22H17BrN4O5/c23-11-6-7-15-14(9-11)22(21(30)24-15)18-17(16-5-2-8-25(16)22)19(28)26(20(18)29)12-3-1-4-13(10-12)27(31)32/h1,3-4,6-7,9-10,16-18H,2,5,8H2,(H,24,30). The molecule has 6 rings (SSSR count). The minimum Gasteiger partial charge on any atom is -0.324 e. The summed E-state index contributed by atoms with van der Waals surface area (Å²) in [6.45, 7) is 0.619. The van der Waals surface area contributed by atoms with Gasteiger partial charge in [0.1, 0.15) is 5.54 Å². The summed E-state index contributed by atoms with van der Waals surface area (Å²) >= 11 is 3.47. The third-order valence-corrected chi connectivity index (χ3v) is 7.75. The molecule has 3 fully saturated rings. The van der Waals surface area contributed by atoms with Crippen molar-refractivity contribution in [2.75, 3.05) is 16.8 Å². The van der Waals surface area contributed by atoms with Crippen LogP contribution in [0, 0.1) is 22.0 Å². The lowest BCUT2D eigenvalue weighted by atomic mass is 9.75. The molecular formula is C22H17BrN4O5. The second-order valence-corrected chi connectivity index (χ2v) is 9.52. The number of hydrogen-bond donors (Lipinski definition) is 1. The van der Waals surface area contributed by atoms with E-state index in [9.17, 15) is 24.5 Å². The summed E-state index contributed by atoms with van der Waals surface area (Å²) in [6, 6.07) is 10.7. The summed E-state index contributed by atoms with van der Waals surface area (Å²) < 4.78 is 0.777. The Morgan fingerprint density at radius 3 is 2.72 bits per heavy atom. The van der Waals surface area contributed by atoms with Crippen LogP contribution in [0.15, 0.2) is 46.9 Å². The van der Waals surface area contributed by atoms with Crippen molar-refractivity contribution in [3.63, 3.8) is 0 Å². The van der Waals surface area contributed by atoms with Crippen molar-refractivity contribution in [2.45, 2.75) is 24.4 Å². The third kappa shape index (κ3) is 2.23. The fraction of sp³-hybridized carbons (Fsp3) is 0.318. The van der Waals surface area contributed by atoms with E-state index in [2.05, 4.69) is 21.2 Å². The molecule has 32 heavy (non-hydrogen) atoms. The van der Waals surface area contributed by atoms with E-state index in [0.717, 1.165) is 15.8 Å². The highest BCUT2D eigenvalue weighted by molar-refractivity contribution is 9.10. The molecule has 4 unspecified atom stereocenters. The molecule has 4 atom stereocenters. The number of hydrogen-bond acceptors (Lipinski definition) is 6. The summed E-state index contributed by atoms with van der Waals surface area (Å²) in [7, 11) is 0. The fourth-order valence-electron chi connectivity index (χ4n) is 6.18. The van der Waals surface area contributed by atoms with Crippen molar-refractivity contribution < 1.29 is 19.3 Å². The first-order chi connectivity index (χ1) is 15.4. The number of nitrogens with zero attached hydrogens (tertiary/aromatic N) is 3. The van der Waals surface area contributed by atoms with Crippen LogP contribution in [0.2, 0.25) is 0 Å². The first kappa shape index (κ1) is 19.6. The molecule has 2 aromatic rings. The van der Waals surface area contributed by atoms with Crippen LogP contribution < -0.4 is 10.2 Å². The highest BCUT2D eigenvalue weighted by atomic mass is 79.9. The zero-order valence-corrected chi connectivity index (χ0v) is 18.2. The smallest absolute Gasteiger partial charge is 0.271 e. The Morgan fingerprint density at radius 2 is 1.94 bits per heavy atom. The molecule has 0 radical (unpaired) electrons. The summed E-state index contributed by atoms with van der Waals surface area (Å²) in [5.41, 5.74) is 0.0194. The number of non-ortho nitro benzene ring substituents is 1. The zero-order chi connectivity index (χ0) is 22.4. The number of fused-ring (bicyclic) bond motifs is 7. The predicted octanol–water partition coefficient (Wildman–Crippen LogP) is 2.79. The highest BCUT2D eigenvalue weighted by Gasteiger charge is 2.74. The second kappa shape index (κ2) is 6.46. The van der Waals surface area contributed by atoms with Crippen molar-refractivity contribution in [1.29, 1.82) is 0 Å². The molecule has 162 valence electrons. The number of carbonyl (C=O) groups is 3. The third-order valence-electron chi connectivity index (χ3n) is 7.25. The van der Waals surface area contributed by atoms with Gasteiger partial charge in [-0.3, -0.25) is 29.4 Å². The largest absolute Gasteiger partial charge is 0.324 e. The fourth-order valence-corrected chi connectivity index (χ4v) is 6.54. The number of amides is 3. The normalized spacial score (nSPS) is 30.6. The van der Waals surface area contributed by atoms with Gasteiger partial charge in [-0.15, -0.1) is 0 Å². The zero-order valence-electron chi connectivity index (χ0n) is 16.7. The SMILES string of the molecule is O=C1C2C3CCCN3C3(C(=O)Nc4ccc(Br)cc43)C2C(=O)N1c1cccc([N+](=O)[O-])c1. The maximum absolute atomic E-state index is 13.8. The van der Waals surface area contributed by atoms with E-state index < -0.39 is 34.1 Å². The first-order valence-corrected chi connectivity index (χ1v) is 11.2. The number of carbonyl (C=O) groups excluding carboxylic acids is 3. The lowest BCUT2D eigenvalue weighted by Crippen LogP contribution is -2.54. The van der Waals surface area contributed by atoms with Gasteiger partial charge in [-0.1, -0.05) is 22.0 Å². The van der Waals surface area contributed by atoms with Crippen LogP contribution in [0.4, 0.5) is 17.1 Å². The van der Waals surface area contributed by atoms with Gasteiger partial charge in [-0.05, 0) is 43.7 Å². The molecule has 0 aliphatic carbocycles. The van der Waals surface area contributed by atoms with Gasteiger partial charge in [-0.25, -0.2) is 4.90 Å². The lowest BCUT2D eigenvalue weighted by Gasteiger charge is -2.36. The quantitative estimate of drug-likeness (QED) is 0.388. The van der Waals surface area contributed by atoms with Crippen LogP contribution in [0.1, 0.15) is 18.4 Å². The Labute approximate surface area is 190 Å². The van der Waals surface area contributed by atoms with E-state index in [0.29, 0.717) is 24.2 Å². The summed E-state index contributed by atoms with van der Waals surface area (Å²) in [5.74, 6) is -2.76. The van der Waals surface area contributed by atoms with Crippen molar-refractivity contribution in [3.8, 4) is 0 Å². The number of nitro benzene ring substituents is 1. The molecule has 0 bridgehead atoms. The van der Waals surface area contributed by atoms with Gasteiger partial charge in [0.15, 0.2) is 0 Å². The van der Waals surface area contributed by atoms with Gasteiger partial charge in [0.25, 0.3) is 5.69 Å². The van der Waals surface area contributed by atoms with Crippen molar-refractivity contribution in [1.82, 2.24) is 4.90 Å². The van der Waals surface area contributed by atoms with Gasteiger partial charge in [-0.2, -0.15) is 0 Å². The monoisotopic (exact) mass is 496 g/mol. The van der Waals surface area contributed by atoms with Gasteiger partial charge in [0.05, 0.1) is 22.4 Å². The molecular weight excluding hydrogens is 480 g/mol. The van der Waals surface area contributed by atoms with E-state index >= 15 is 0 Å². The molecule has 1 N–H and O–H groups in total. The first-order valence-electron chi connectivity index (χ1n) is 10.4. The molecule has 4 aliphatic rings. The molecule has 1 spiro atoms. The maximum atomic E-state index is 13.8. The van der Waals surface area contributed by atoms with E-state index in [1.54, 1.807) is 6.07 Å². The molecule has 4 aliphatic heterocycles. The van der Waals surface area contributed by atoms with Crippen molar-refractivity contribution in [2.24, 2.45) is 11.8 Å². The molecule has 3 saturated heterocycles. The van der Waals surface area contributed by atoms with Gasteiger partial charge < -0.3 is 5.32 Å². The highest BCUT2D eigenvalue weighted by Crippen LogP contribution is 2.60. The minimum atomic E-state index is -1.27. The average molecular weight is 497 g/mol. The Bertz CT molecular complexity index is 1250. The number of benzene rings is 2.